The maximum absolute atomic E-state index is 13.1. The zero-order valence-corrected chi connectivity index (χ0v) is 12.9. The van der Waals surface area contributed by atoms with Crippen molar-refractivity contribution in [2.24, 2.45) is 0 Å². The van der Waals surface area contributed by atoms with Gasteiger partial charge in [0.1, 0.15) is 5.82 Å². The first-order valence-corrected chi connectivity index (χ1v) is 7.72. The van der Waals surface area contributed by atoms with Crippen molar-refractivity contribution in [2.45, 2.75) is 13.0 Å². The lowest BCUT2D eigenvalue weighted by Crippen LogP contribution is -2.72. The molecule has 114 valence electrons. The molecule has 0 spiro atoms. The summed E-state index contributed by atoms with van der Waals surface area (Å²) >= 11 is 5.97. The Morgan fingerprint density at radius 3 is 2.52 bits per heavy atom. The molecule has 6 heteroatoms. The van der Waals surface area contributed by atoms with Crippen molar-refractivity contribution in [1.82, 2.24) is 4.90 Å². The maximum Gasteiger partial charge on any atom is 0.282 e. The standard InChI is InChI=1S/C15H19ClFN3O/c1-11(20-7-4-19(5-8-20)6-9-20)15(21)18-14-3-2-12(17)10-13(14)16/h2-3,10-11H,4-9H2,1H3/p+1/t11-/m0/s1. The van der Waals surface area contributed by atoms with Crippen molar-refractivity contribution in [1.29, 1.82) is 0 Å². The van der Waals surface area contributed by atoms with Gasteiger partial charge in [0.15, 0.2) is 6.04 Å². The summed E-state index contributed by atoms with van der Waals surface area (Å²) in [5, 5.41) is 3.08. The van der Waals surface area contributed by atoms with E-state index in [1.54, 1.807) is 0 Å². The Labute approximate surface area is 129 Å². The molecule has 0 aromatic heterocycles. The van der Waals surface area contributed by atoms with Gasteiger partial charge in [-0.15, -0.1) is 0 Å². The number of rotatable bonds is 3. The van der Waals surface area contributed by atoms with Crippen LogP contribution in [0.2, 0.25) is 5.02 Å². The Hall–Kier alpha value is -1.17. The lowest BCUT2D eigenvalue weighted by molar-refractivity contribution is -0.953. The van der Waals surface area contributed by atoms with Gasteiger partial charge in [-0.05, 0) is 25.1 Å². The quantitative estimate of drug-likeness (QED) is 0.865. The van der Waals surface area contributed by atoms with E-state index in [-0.39, 0.29) is 17.0 Å². The lowest BCUT2D eigenvalue weighted by atomic mass is 10.1. The molecule has 4 nitrogen and oxygen atoms in total. The number of anilines is 1. The Morgan fingerprint density at radius 1 is 1.33 bits per heavy atom. The van der Waals surface area contributed by atoms with E-state index in [9.17, 15) is 9.18 Å². The zero-order chi connectivity index (χ0) is 15.0. The molecule has 21 heavy (non-hydrogen) atoms. The smallest absolute Gasteiger partial charge is 0.282 e. The first-order chi connectivity index (χ1) is 10.00. The molecule has 0 unspecified atom stereocenters. The molecule has 3 heterocycles. The summed E-state index contributed by atoms with van der Waals surface area (Å²) in [6, 6.07) is 3.91. The number of carbonyl (C=O) groups excluding carboxylic acids is 1. The van der Waals surface area contributed by atoms with Gasteiger partial charge in [-0.1, -0.05) is 11.6 Å². The van der Waals surface area contributed by atoms with E-state index >= 15 is 0 Å². The average molecular weight is 313 g/mol. The summed E-state index contributed by atoms with van der Waals surface area (Å²) in [6.45, 7) is 8.23. The predicted octanol–water partition coefficient (Wildman–Crippen LogP) is 1.95. The predicted molar refractivity (Wildman–Crippen MR) is 80.8 cm³/mol. The summed E-state index contributed by atoms with van der Waals surface area (Å²) in [4.78, 5) is 15.0. The Morgan fingerprint density at radius 2 is 1.95 bits per heavy atom. The van der Waals surface area contributed by atoms with Crippen LogP contribution in [0.5, 0.6) is 0 Å². The molecule has 3 saturated heterocycles. The minimum atomic E-state index is -0.403. The molecule has 1 N–H and O–H groups in total. The molecular weight excluding hydrogens is 293 g/mol. The van der Waals surface area contributed by atoms with Crippen LogP contribution in [0.4, 0.5) is 10.1 Å². The normalized spacial score (nSPS) is 29.2. The van der Waals surface area contributed by atoms with E-state index in [0.717, 1.165) is 43.8 Å². The molecule has 1 atom stereocenters. The largest absolute Gasteiger partial charge is 0.320 e. The number of amides is 1. The number of quaternary nitrogens is 1. The second-order valence-electron chi connectivity index (χ2n) is 6.02. The molecule has 1 aromatic rings. The van der Waals surface area contributed by atoms with Crippen molar-refractivity contribution in [3.63, 3.8) is 0 Å². The summed E-state index contributed by atoms with van der Waals surface area (Å²) in [5.41, 5.74) is 0.476. The third-order valence-electron chi connectivity index (χ3n) is 4.97. The van der Waals surface area contributed by atoms with Gasteiger partial charge in [0.2, 0.25) is 0 Å². The second-order valence-corrected chi connectivity index (χ2v) is 6.43. The van der Waals surface area contributed by atoms with E-state index in [4.69, 9.17) is 11.6 Å². The fraction of sp³-hybridized carbons (Fsp3) is 0.533. The van der Waals surface area contributed by atoms with E-state index in [1.165, 1.54) is 18.2 Å². The molecular formula is C15H20ClFN3O+. The molecule has 4 rings (SSSR count). The van der Waals surface area contributed by atoms with Crippen LogP contribution in [0.3, 0.4) is 0 Å². The summed E-state index contributed by atoms with van der Waals surface area (Å²) < 4.78 is 13.9. The zero-order valence-electron chi connectivity index (χ0n) is 12.1. The van der Waals surface area contributed by atoms with Gasteiger partial charge in [0.05, 0.1) is 30.3 Å². The number of piperazine rings is 3. The first kappa shape index (κ1) is 14.8. The number of fused-ring (bicyclic) bond motifs is 3. The van der Waals surface area contributed by atoms with Crippen LogP contribution in [-0.2, 0) is 4.79 Å². The average Bonchev–Trinajstić information content (AvgIpc) is 2.51. The third-order valence-corrected chi connectivity index (χ3v) is 5.29. The van der Waals surface area contributed by atoms with E-state index in [2.05, 4.69) is 10.2 Å². The van der Waals surface area contributed by atoms with Crippen molar-refractivity contribution in [3.8, 4) is 0 Å². The Balaban J connectivity index is 1.72. The van der Waals surface area contributed by atoms with E-state index in [1.807, 2.05) is 6.92 Å². The summed E-state index contributed by atoms with van der Waals surface area (Å²) in [5.74, 6) is -0.445. The number of hydrogen-bond acceptors (Lipinski definition) is 2. The molecule has 0 radical (unpaired) electrons. The highest BCUT2D eigenvalue weighted by molar-refractivity contribution is 6.33. The molecule has 3 aliphatic heterocycles. The number of carbonyl (C=O) groups is 1. The SMILES string of the molecule is C[C@@H](C(=O)Nc1ccc(F)cc1Cl)[N+]12CCN(CC1)CC2. The number of nitrogens with zero attached hydrogens (tertiary/aromatic N) is 2. The Kier molecular flexibility index (Phi) is 3.90. The van der Waals surface area contributed by atoms with Crippen LogP contribution in [0.15, 0.2) is 18.2 Å². The van der Waals surface area contributed by atoms with Gasteiger partial charge >= 0.3 is 0 Å². The third kappa shape index (κ3) is 2.78. The number of halogens is 2. The molecule has 0 aliphatic carbocycles. The molecule has 3 aliphatic rings. The van der Waals surface area contributed by atoms with Gasteiger partial charge in [0.25, 0.3) is 5.91 Å². The molecule has 3 fully saturated rings. The minimum Gasteiger partial charge on any atom is -0.320 e. The summed E-state index contributed by atoms with van der Waals surface area (Å²) in [6.07, 6.45) is 0. The van der Waals surface area contributed by atoms with Crippen molar-refractivity contribution in [3.05, 3.63) is 29.0 Å². The Bertz CT molecular complexity index is 544. The number of benzene rings is 1. The van der Waals surface area contributed by atoms with Crippen LogP contribution in [0, 0.1) is 5.82 Å². The van der Waals surface area contributed by atoms with Crippen LogP contribution >= 0.6 is 11.6 Å². The molecule has 2 bridgehead atoms. The fourth-order valence-corrected chi connectivity index (χ4v) is 3.56. The van der Waals surface area contributed by atoms with Crippen LogP contribution in [0.25, 0.3) is 0 Å². The fourth-order valence-electron chi connectivity index (χ4n) is 3.35. The maximum atomic E-state index is 13.1. The lowest BCUT2D eigenvalue weighted by Gasteiger charge is -2.52. The van der Waals surface area contributed by atoms with Crippen molar-refractivity contribution in [2.75, 3.05) is 44.6 Å². The van der Waals surface area contributed by atoms with Gasteiger partial charge in [-0.2, -0.15) is 0 Å². The van der Waals surface area contributed by atoms with E-state index in [0.29, 0.717) is 5.69 Å². The van der Waals surface area contributed by atoms with Gasteiger partial charge in [-0.25, -0.2) is 4.39 Å². The monoisotopic (exact) mass is 312 g/mol. The van der Waals surface area contributed by atoms with Gasteiger partial charge < -0.3 is 9.80 Å². The van der Waals surface area contributed by atoms with Gasteiger partial charge in [-0.3, -0.25) is 9.69 Å². The number of hydrogen-bond donors (Lipinski definition) is 1. The second kappa shape index (κ2) is 5.55. The van der Waals surface area contributed by atoms with E-state index < -0.39 is 5.82 Å². The molecule has 1 amide bonds. The van der Waals surface area contributed by atoms with Gasteiger partial charge in [0, 0.05) is 19.6 Å². The van der Waals surface area contributed by atoms with Crippen molar-refractivity contribution < 1.29 is 13.7 Å². The summed E-state index contributed by atoms with van der Waals surface area (Å²) in [7, 11) is 0. The number of nitrogens with one attached hydrogen (secondary N) is 1. The highest BCUT2D eigenvalue weighted by Crippen LogP contribution is 2.26. The molecule has 0 saturated carbocycles. The van der Waals surface area contributed by atoms with Crippen LogP contribution in [0.1, 0.15) is 6.92 Å². The highest BCUT2D eigenvalue weighted by atomic mass is 35.5. The van der Waals surface area contributed by atoms with Crippen molar-refractivity contribution >= 4 is 23.2 Å². The van der Waals surface area contributed by atoms with Crippen LogP contribution < -0.4 is 5.32 Å². The highest BCUT2D eigenvalue weighted by Gasteiger charge is 2.45. The molecule has 1 aromatic carbocycles. The van der Waals surface area contributed by atoms with Crippen LogP contribution in [-0.4, -0.2) is 60.6 Å². The minimum absolute atomic E-state index is 0.0427. The topological polar surface area (TPSA) is 32.3 Å². The first-order valence-electron chi connectivity index (χ1n) is 7.34.